The molecule has 0 saturated carbocycles. The summed E-state index contributed by atoms with van der Waals surface area (Å²) in [4.78, 5) is 0. The minimum absolute atomic E-state index is 0.0160. The normalized spacial score (nSPS) is 11.7. The van der Waals surface area contributed by atoms with Gasteiger partial charge in [0.25, 0.3) is 0 Å². The van der Waals surface area contributed by atoms with E-state index in [1.165, 1.54) is 21.9 Å². The van der Waals surface area contributed by atoms with Crippen LogP contribution in [0.4, 0.5) is 0 Å². The van der Waals surface area contributed by atoms with Gasteiger partial charge in [-0.15, -0.1) is 0 Å². The van der Waals surface area contributed by atoms with Crippen molar-refractivity contribution in [1.29, 1.82) is 0 Å². The van der Waals surface area contributed by atoms with E-state index >= 15 is 0 Å². The molecular formula is C19H18. The van der Waals surface area contributed by atoms with E-state index in [1.807, 2.05) is 0 Å². The van der Waals surface area contributed by atoms with Gasteiger partial charge in [-0.3, -0.25) is 0 Å². The molecule has 0 N–H and O–H groups in total. The fourth-order valence-electron chi connectivity index (χ4n) is 2.78. The van der Waals surface area contributed by atoms with E-state index in [4.69, 9.17) is 0 Å². The summed E-state index contributed by atoms with van der Waals surface area (Å²) in [5, 5.41) is 2.66. The monoisotopic (exact) mass is 246 g/mol. The van der Waals surface area contributed by atoms with E-state index in [9.17, 15) is 0 Å². The Labute approximate surface area is 114 Å². The van der Waals surface area contributed by atoms with E-state index in [0.717, 1.165) is 0 Å². The Hall–Kier alpha value is -2.08. The number of hydrogen-bond acceptors (Lipinski definition) is 0. The van der Waals surface area contributed by atoms with Gasteiger partial charge in [-0.2, -0.15) is 0 Å². The van der Waals surface area contributed by atoms with Crippen LogP contribution in [0.3, 0.4) is 0 Å². The molecule has 0 heterocycles. The van der Waals surface area contributed by atoms with Gasteiger partial charge < -0.3 is 0 Å². The molecule has 3 aromatic rings. The van der Waals surface area contributed by atoms with Crippen molar-refractivity contribution in [3.63, 3.8) is 0 Å². The third kappa shape index (κ3) is 2.04. The Morgan fingerprint density at radius 3 is 2.05 bits per heavy atom. The first-order valence-corrected chi connectivity index (χ1v) is 6.73. The Kier molecular flexibility index (Phi) is 2.87. The van der Waals surface area contributed by atoms with Crippen molar-refractivity contribution >= 4 is 10.8 Å². The van der Waals surface area contributed by atoms with Gasteiger partial charge in [0.2, 0.25) is 0 Å². The topological polar surface area (TPSA) is 0 Å². The molecule has 94 valence electrons. The lowest BCUT2D eigenvalue weighted by atomic mass is 9.76. The van der Waals surface area contributed by atoms with Gasteiger partial charge in [-0.25, -0.2) is 0 Å². The summed E-state index contributed by atoms with van der Waals surface area (Å²) in [5.41, 5.74) is 2.76. The second kappa shape index (κ2) is 4.55. The van der Waals surface area contributed by atoms with Crippen molar-refractivity contribution in [1.82, 2.24) is 0 Å². The van der Waals surface area contributed by atoms with Crippen molar-refractivity contribution in [2.45, 2.75) is 19.3 Å². The molecule has 0 saturated heterocycles. The molecule has 0 aliphatic carbocycles. The van der Waals surface area contributed by atoms with Crippen LogP contribution in [0, 0.1) is 0 Å². The van der Waals surface area contributed by atoms with E-state index in [-0.39, 0.29) is 5.41 Å². The van der Waals surface area contributed by atoms with Gasteiger partial charge in [-0.05, 0) is 21.9 Å². The van der Waals surface area contributed by atoms with Crippen LogP contribution in [0.5, 0.6) is 0 Å². The molecule has 0 atom stereocenters. The lowest BCUT2D eigenvalue weighted by Gasteiger charge is -2.27. The van der Waals surface area contributed by atoms with E-state index in [0.29, 0.717) is 0 Å². The molecule has 0 bridgehead atoms. The molecule has 0 aliphatic heterocycles. The third-order valence-corrected chi connectivity index (χ3v) is 3.96. The molecule has 0 fully saturated rings. The molecule has 0 unspecified atom stereocenters. The fraction of sp³-hybridized carbons (Fsp3) is 0.158. The SMILES string of the molecule is CC(C)(c1ccccc1)c1cccc2ccccc12. The van der Waals surface area contributed by atoms with Crippen LogP contribution >= 0.6 is 0 Å². The van der Waals surface area contributed by atoms with Crippen LogP contribution < -0.4 is 0 Å². The molecule has 19 heavy (non-hydrogen) atoms. The standard InChI is InChI=1S/C19H18/c1-19(2,16-11-4-3-5-12-16)18-14-8-10-15-9-6-7-13-17(15)18/h3-14H,1-2H3. The van der Waals surface area contributed by atoms with Crippen molar-refractivity contribution in [3.05, 3.63) is 83.9 Å². The first-order chi connectivity index (χ1) is 9.19. The average Bonchev–Trinajstić information content (AvgIpc) is 2.47. The quantitative estimate of drug-likeness (QED) is 0.585. The zero-order chi connectivity index (χ0) is 13.3. The third-order valence-electron chi connectivity index (χ3n) is 3.96. The van der Waals surface area contributed by atoms with Gasteiger partial charge in [0.05, 0.1) is 0 Å². The highest BCUT2D eigenvalue weighted by molar-refractivity contribution is 5.87. The smallest absolute Gasteiger partial charge is 0.0152 e. The van der Waals surface area contributed by atoms with Crippen molar-refractivity contribution in [2.75, 3.05) is 0 Å². The van der Waals surface area contributed by atoms with Crippen molar-refractivity contribution in [3.8, 4) is 0 Å². The first-order valence-electron chi connectivity index (χ1n) is 6.73. The van der Waals surface area contributed by atoms with E-state index in [2.05, 4.69) is 86.6 Å². The van der Waals surface area contributed by atoms with E-state index < -0.39 is 0 Å². The van der Waals surface area contributed by atoms with Crippen LogP contribution in [-0.4, -0.2) is 0 Å². The highest BCUT2D eigenvalue weighted by atomic mass is 14.3. The fourth-order valence-corrected chi connectivity index (χ4v) is 2.78. The molecule has 0 aliphatic rings. The highest BCUT2D eigenvalue weighted by Crippen LogP contribution is 2.35. The van der Waals surface area contributed by atoms with Gasteiger partial charge in [0, 0.05) is 5.41 Å². The zero-order valence-electron chi connectivity index (χ0n) is 11.4. The first kappa shape index (κ1) is 12.0. The predicted molar refractivity (Wildman–Crippen MR) is 82.5 cm³/mol. The molecule has 0 spiro atoms. The van der Waals surface area contributed by atoms with Crippen LogP contribution in [0.1, 0.15) is 25.0 Å². The van der Waals surface area contributed by atoms with Gasteiger partial charge in [0.15, 0.2) is 0 Å². The molecule has 0 nitrogen and oxygen atoms in total. The molecule has 3 aromatic carbocycles. The molecule has 0 heteroatoms. The van der Waals surface area contributed by atoms with E-state index in [1.54, 1.807) is 0 Å². The summed E-state index contributed by atoms with van der Waals surface area (Å²) < 4.78 is 0. The predicted octanol–water partition coefficient (Wildman–Crippen LogP) is 5.17. The minimum Gasteiger partial charge on any atom is -0.0622 e. The van der Waals surface area contributed by atoms with Crippen molar-refractivity contribution < 1.29 is 0 Å². The second-order valence-corrected chi connectivity index (χ2v) is 5.52. The number of fused-ring (bicyclic) bond motifs is 1. The lowest BCUT2D eigenvalue weighted by molar-refractivity contribution is 0.647. The van der Waals surface area contributed by atoms with Gasteiger partial charge >= 0.3 is 0 Å². The van der Waals surface area contributed by atoms with Crippen molar-refractivity contribution in [2.24, 2.45) is 0 Å². The summed E-state index contributed by atoms with van der Waals surface area (Å²) in [5.74, 6) is 0. The largest absolute Gasteiger partial charge is 0.0622 e. The Balaban J connectivity index is 2.24. The summed E-state index contributed by atoms with van der Waals surface area (Å²) >= 11 is 0. The summed E-state index contributed by atoms with van der Waals surface area (Å²) in [7, 11) is 0. The molecule has 0 aromatic heterocycles. The van der Waals surface area contributed by atoms with Crippen LogP contribution in [-0.2, 0) is 5.41 Å². The van der Waals surface area contributed by atoms with Crippen LogP contribution in [0.15, 0.2) is 72.8 Å². The van der Waals surface area contributed by atoms with Crippen LogP contribution in [0.25, 0.3) is 10.8 Å². The number of benzene rings is 3. The minimum atomic E-state index is 0.0160. The number of rotatable bonds is 2. The molecule has 0 radical (unpaired) electrons. The lowest BCUT2D eigenvalue weighted by Crippen LogP contribution is -2.19. The van der Waals surface area contributed by atoms with Crippen LogP contribution in [0.2, 0.25) is 0 Å². The maximum Gasteiger partial charge on any atom is 0.0152 e. The molecule has 3 rings (SSSR count). The van der Waals surface area contributed by atoms with Gasteiger partial charge in [-0.1, -0.05) is 86.6 Å². The summed E-state index contributed by atoms with van der Waals surface area (Å²) in [6, 6.07) is 25.9. The maximum absolute atomic E-state index is 2.30. The summed E-state index contributed by atoms with van der Waals surface area (Å²) in [6.45, 7) is 4.59. The second-order valence-electron chi connectivity index (χ2n) is 5.52. The molecular weight excluding hydrogens is 228 g/mol. The van der Waals surface area contributed by atoms with Gasteiger partial charge in [0.1, 0.15) is 0 Å². The highest BCUT2D eigenvalue weighted by Gasteiger charge is 2.24. The average molecular weight is 246 g/mol. The summed E-state index contributed by atoms with van der Waals surface area (Å²) in [6.07, 6.45) is 0. The Morgan fingerprint density at radius 2 is 1.26 bits per heavy atom. The Bertz CT molecular complexity index is 688. The molecule has 0 amide bonds. The Morgan fingerprint density at radius 1 is 0.632 bits per heavy atom. The zero-order valence-corrected chi connectivity index (χ0v) is 11.4. The maximum atomic E-state index is 2.30. The number of hydrogen-bond donors (Lipinski definition) is 0.